The molecule has 132 valence electrons. The molecule has 0 spiro atoms. The minimum Gasteiger partial charge on any atom is -0.300 e. The highest BCUT2D eigenvalue weighted by atomic mass is 16.1. The molecular formula is C21H30O3. The standard InChI is InChI=1S/C21H30O3/c1-12(22)16-6-7-17-15-5-4-13-10-14(23)8-9-20(13,2)19(15)18(24)11-21(16,17)3/h13,15-17,19H,4-11H2,1-3H3/t13-,15-,16-,17-,19+,20+,21-/m1/s1. The van der Waals surface area contributed by atoms with Crippen molar-refractivity contribution in [1.29, 1.82) is 0 Å². The van der Waals surface area contributed by atoms with E-state index in [0.29, 0.717) is 48.6 Å². The first-order chi connectivity index (χ1) is 11.3. The van der Waals surface area contributed by atoms with Gasteiger partial charge in [0.15, 0.2) is 0 Å². The lowest BCUT2D eigenvalue weighted by molar-refractivity contribution is -0.161. The molecule has 0 aromatic rings. The molecule has 0 radical (unpaired) electrons. The predicted molar refractivity (Wildman–Crippen MR) is 91.3 cm³/mol. The van der Waals surface area contributed by atoms with Crippen LogP contribution in [0.25, 0.3) is 0 Å². The zero-order chi connectivity index (χ0) is 17.3. The molecule has 4 fully saturated rings. The Morgan fingerprint density at radius 2 is 1.79 bits per heavy atom. The first-order valence-corrected chi connectivity index (χ1v) is 9.82. The molecule has 0 saturated heterocycles. The Balaban J connectivity index is 1.69. The second-order valence-electron chi connectivity index (χ2n) is 9.66. The summed E-state index contributed by atoms with van der Waals surface area (Å²) in [6.07, 6.45) is 7.05. The van der Waals surface area contributed by atoms with Crippen molar-refractivity contribution >= 4 is 17.3 Å². The molecule has 3 heteroatoms. The fourth-order valence-electron chi connectivity index (χ4n) is 7.53. The van der Waals surface area contributed by atoms with Crippen LogP contribution in [-0.2, 0) is 14.4 Å². The molecule has 7 atom stereocenters. The number of Topliss-reactive ketones (excluding diaryl/α,β-unsaturated/α-hetero) is 3. The summed E-state index contributed by atoms with van der Waals surface area (Å²) < 4.78 is 0. The second-order valence-corrected chi connectivity index (χ2v) is 9.66. The van der Waals surface area contributed by atoms with E-state index in [-0.39, 0.29) is 28.4 Å². The Morgan fingerprint density at radius 3 is 2.50 bits per heavy atom. The number of hydrogen-bond acceptors (Lipinski definition) is 3. The van der Waals surface area contributed by atoms with Gasteiger partial charge in [0.1, 0.15) is 17.3 Å². The van der Waals surface area contributed by atoms with Crippen LogP contribution in [0.4, 0.5) is 0 Å². The molecular weight excluding hydrogens is 300 g/mol. The minimum atomic E-state index is -0.113. The van der Waals surface area contributed by atoms with Gasteiger partial charge in [0, 0.05) is 31.1 Å². The third-order valence-electron chi connectivity index (χ3n) is 8.66. The third-order valence-corrected chi connectivity index (χ3v) is 8.66. The molecule has 0 aliphatic heterocycles. The first-order valence-electron chi connectivity index (χ1n) is 9.82. The van der Waals surface area contributed by atoms with E-state index in [0.717, 1.165) is 32.1 Å². The molecule has 0 aromatic heterocycles. The van der Waals surface area contributed by atoms with E-state index < -0.39 is 0 Å². The zero-order valence-electron chi connectivity index (χ0n) is 15.3. The van der Waals surface area contributed by atoms with Gasteiger partial charge in [-0.1, -0.05) is 13.8 Å². The maximum absolute atomic E-state index is 13.3. The van der Waals surface area contributed by atoms with Gasteiger partial charge in [-0.15, -0.1) is 0 Å². The van der Waals surface area contributed by atoms with E-state index in [1.165, 1.54) is 0 Å². The van der Waals surface area contributed by atoms with Crippen LogP contribution < -0.4 is 0 Å². The third kappa shape index (κ3) is 2.05. The Kier molecular flexibility index (Phi) is 3.61. The van der Waals surface area contributed by atoms with Crippen LogP contribution in [0.2, 0.25) is 0 Å². The number of rotatable bonds is 1. The van der Waals surface area contributed by atoms with Crippen molar-refractivity contribution in [1.82, 2.24) is 0 Å². The minimum absolute atomic E-state index is 0.0174. The molecule has 4 aliphatic rings. The number of fused-ring (bicyclic) bond motifs is 5. The average molecular weight is 330 g/mol. The van der Waals surface area contributed by atoms with Crippen LogP contribution in [0.3, 0.4) is 0 Å². The van der Waals surface area contributed by atoms with Gasteiger partial charge >= 0.3 is 0 Å². The van der Waals surface area contributed by atoms with Crippen molar-refractivity contribution in [3.05, 3.63) is 0 Å². The lowest BCUT2D eigenvalue weighted by Gasteiger charge is -2.59. The highest BCUT2D eigenvalue weighted by Gasteiger charge is 2.63. The Morgan fingerprint density at radius 1 is 1.04 bits per heavy atom. The van der Waals surface area contributed by atoms with E-state index in [1.807, 2.05) is 0 Å². The normalized spacial score (nSPS) is 50.9. The summed E-state index contributed by atoms with van der Waals surface area (Å²) >= 11 is 0. The summed E-state index contributed by atoms with van der Waals surface area (Å²) in [7, 11) is 0. The maximum atomic E-state index is 13.3. The van der Waals surface area contributed by atoms with Crippen LogP contribution >= 0.6 is 0 Å². The van der Waals surface area contributed by atoms with Crippen LogP contribution in [-0.4, -0.2) is 17.3 Å². The quantitative estimate of drug-likeness (QED) is 0.730. The lowest BCUT2D eigenvalue weighted by Crippen LogP contribution is -2.57. The van der Waals surface area contributed by atoms with Crippen molar-refractivity contribution in [2.45, 2.75) is 72.1 Å². The van der Waals surface area contributed by atoms with Crippen molar-refractivity contribution in [3.63, 3.8) is 0 Å². The number of carbonyl (C=O) groups is 3. The van der Waals surface area contributed by atoms with E-state index in [4.69, 9.17) is 0 Å². The molecule has 0 N–H and O–H groups in total. The van der Waals surface area contributed by atoms with Gasteiger partial charge in [0.05, 0.1) is 0 Å². The zero-order valence-corrected chi connectivity index (χ0v) is 15.3. The van der Waals surface area contributed by atoms with E-state index in [1.54, 1.807) is 6.92 Å². The van der Waals surface area contributed by atoms with E-state index in [9.17, 15) is 14.4 Å². The summed E-state index contributed by atoms with van der Waals surface area (Å²) in [5.41, 5.74) is -0.0959. The van der Waals surface area contributed by atoms with E-state index >= 15 is 0 Å². The monoisotopic (exact) mass is 330 g/mol. The molecule has 0 heterocycles. The predicted octanol–water partition coefficient (Wildman–Crippen LogP) is 3.98. The Labute approximate surface area is 144 Å². The summed E-state index contributed by atoms with van der Waals surface area (Å²) in [4.78, 5) is 37.4. The van der Waals surface area contributed by atoms with Crippen molar-refractivity contribution in [3.8, 4) is 0 Å². The summed E-state index contributed by atoms with van der Waals surface area (Å²) in [6.45, 7) is 6.21. The van der Waals surface area contributed by atoms with Crippen molar-refractivity contribution < 1.29 is 14.4 Å². The molecule has 0 aromatic carbocycles. The maximum Gasteiger partial charge on any atom is 0.137 e. The number of ketones is 3. The van der Waals surface area contributed by atoms with Crippen LogP contribution in [0, 0.1) is 40.4 Å². The van der Waals surface area contributed by atoms with Gasteiger partial charge in [-0.05, 0) is 67.6 Å². The SMILES string of the molecule is CC(=O)[C@H]1CC[C@@H]2[C@H]3CC[C@@H]4CC(=O)CC[C@]4(C)[C@@H]3C(=O)C[C@]12C. The number of hydrogen-bond donors (Lipinski definition) is 0. The van der Waals surface area contributed by atoms with Crippen molar-refractivity contribution in [2.75, 3.05) is 0 Å². The van der Waals surface area contributed by atoms with Gasteiger partial charge in [-0.2, -0.15) is 0 Å². The number of carbonyl (C=O) groups excluding carboxylic acids is 3. The van der Waals surface area contributed by atoms with E-state index in [2.05, 4.69) is 13.8 Å². The molecule has 0 bridgehead atoms. The smallest absolute Gasteiger partial charge is 0.137 e. The highest BCUT2D eigenvalue weighted by Crippen LogP contribution is 2.66. The summed E-state index contributed by atoms with van der Waals surface area (Å²) in [5.74, 6) is 2.63. The van der Waals surface area contributed by atoms with Gasteiger partial charge in [0.25, 0.3) is 0 Å². The molecule has 24 heavy (non-hydrogen) atoms. The Bertz CT molecular complexity index is 608. The van der Waals surface area contributed by atoms with Crippen LogP contribution in [0.5, 0.6) is 0 Å². The van der Waals surface area contributed by atoms with Crippen LogP contribution in [0.1, 0.15) is 72.1 Å². The van der Waals surface area contributed by atoms with Gasteiger partial charge in [-0.25, -0.2) is 0 Å². The first kappa shape index (κ1) is 16.5. The van der Waals surface area contributed by atoms with Crippen molar-refractivity contribution in [2.24, 2.45) is 40.4 Å². The molecule has 4 rings (SSSR count). The molecule has 0 unspecified atom stereocenters. The van der Waals surface area contributed by atoms with Gasteiger partial charge in [-0.3, -0.25) is 14.4 Å². The molecule has 3 nitrogen and oxygen atoms in total. The summed E-state index contributed by atoms with van der Waals surface area (Å²) in [6, 6.07) is 0. The van der Waals surface area contributed by atoms with Crippen LogP contribution in [0.15, 0.2) is 0 Å². The molecule has 4 aliphatic carbocycles. The fourth-order valence-corrected chi connectivity index (χ4v) is 7.53. The fraction of sp³-hybridized carbons (Fsp3) is 0.857. The topological polar surface area (TPSA) is 51.2 Å². The Hall–Kier alpha value is -0.990. The molecule has 0 amide bonds. The lowest BCUT2D eigenvalue weighted by atomic mass is 9.44. The highest BCUT2D eigenvalue weighted by molar-refractivity contribution is 5.87. The second kappa shape index (κ2) is 5.25. The van der Waals surface area contributed by atoms with Gasteiger partial charge < -0.3 is 0 Å². The average Bonchev–Trinajstić information content (AvgIpc) is 2.84. The van der Waals surface area contributed by atoms with Gasteiger partial charge in [0.2, 0.25) is 0 Å². The summed E-state index contributed by atoms with van der Waals surface area (Å²) in [5, 5.41) is 0. The molecule has 4 saturated carbocycles. The largest absolute Gasteiger partial charge is 0.300 e.